The summed E-state index contributed by atoms with van der Waals surface area (Å²) in [7, 11) is 0. The monoisotopic (exact) mass is 332 g/mol. The number of H-pyrrole nitrogens is 1. The second kappa shape index (κ2) is 5.95. The maximum Gasteiger partial charge on any atom is 0.163 e. The van der Waals surface area contributed by atoms with Crippen molar-refractivity contribution in [2.24, 2.45) is 0 Å². The van der Waals surface area contributed by atoms with Crippen LogP contribution in [0.5, 0.6) is 0 Å². The van der Waals surface area contributed by atoms with E-state index in [0.717, 1.165) is 42.2 Å². The summed E-state index contributed by atoms with van der Waals surface area (Å²) in [5.41, 5.74) is 5.68. The SMILES string of the molecule is c1cncc(-c2nc3c(c(NCc4cc(C5CC5)n[nH]4)n2)CCC3)c1. The van der Waals surface area contributed by atoms with Gasteiger partial charge in [-0.15, -0.1) is 0 Å². The Morgan fingerprint density at radius 3 is 3.00 bits per heavy atom. The van der Waals surface area contributed by atoms with Crippen LogP contribution in [-0.2, 0) is 19.4 Å². The highest BCUT2D eigenvalue weighted by atomic mass is 15.1. The summed E-state index contributed by atoms with van der Waals surface area (Å²) in [6, 6.07) is 6.10. The minimum atomic E-state index is 0.672. The Morgan fingerprint density at radius 2 is 2.16 bits per heavy atom. The lowest BCUT2D eigenvalue weighted by atomic mass is 10.2. The second-order valence-corrected chi connectivity index (χ2v) is 6.86. The van der Waals surface area contributed by atoms with E-state index < -0.39 is 0 Å². The molecule has 0 amide bonds. The Kier molecular flexibility index (Phi) is 3.47. The number of nitrogens with one attached hydrogen (secondary N) is 2. The maximum absolute atomic E-state index is 4.79. The molecule has 2 aliphatic carbocycles. The fraction of sp³-hybridized carbons (Fsp3) is 0.368. The van der Waals surface area contributed by atoms with E-state index in [0.29, 0.717) is 12.5 Å². The molecule has 0 aromatic carbocycles. The smallest absolute Gasteiger partial charge is 0.163 e. The Morgan fingerprint density at radius 1 is 1.20 bits per heavy atom. The van der Waals surface area contributed by atoms with Gasteiger partial charge in [0.25, 0.3) is 0 Å². The van der Waals surface area contributed by atoms with Crippen LogP contribution in [0.25, 0.3) is 11.4 Å². The highest BCUT2D eigenvalue weighted by Gasteiger charge is 2.26. The van der Waals surface area contributed by atoms with E-state index in [9.17, 15) is 0 Å². The van der Waals surface area contributed by atoms with Gasteiger partial charge in [0.2, 0.25) is 0 Å². The molecule has 0 saturated heterocycles. The predicted octanol–water partition coefficient (Wildman–Crippen LogP) is 3.24. The molecule has 3 heterocycles. The average molecular weight is 332 g/mol. The van der Waals surface area contributed by atoms with Crippen LogP contribution in [0.2, 0.25) is 0 Å². The molecule has 2 N–H and O–H groups in total. The lowest BCUT2D eigenvalue weighted by Crippen LogP contribution is -2.07. The van der Waals surface area contributed by atoms with E-state index in [1.807, 2.05) is 18.3 Å². The van der Waals surface area contributed by atoms with Crippen LogP contribution in [0.1, 0.15) is 47.8 Å². The van der Waals surface area contributed by atoms with Crippen LogP contribution in [0.4, 0.5) is 5.82 Å². The van der Waals surface area contributed by atoms with Crippen molar-refractivity contribution in [1.29, 1.82) is 0 Å². The molecule has 0 unspecified atom stereocenters. The number of anilines is 1. The van der Waals surface area contributed by atoms with Gasteiger partial charge in [-0.05, 0) is 50.3 Å². The fourth-order valence-electron chi connectivity index (χ4n) is 3.44. The number of hydrogen-bond donors (Lipinski definition) is 2. The summed E-state index contributed by atoms with van der Waals surface area (Å²) < 4.78 is 0. The fourth-order valence-corrected chi connectivity index (χ4v) is 3.44. The van der Waals surface area contributed by atoms with Crippen molar-refractivity contribution in [2.45, 2.75) is 44.6 Å². The number of hydrogen-bond acceptors (Lipinski definition) is 5. The molecule has 3 aromatic rings. The van der Waals surface area contributed by atoms with Gasteiger partial charge in [-0.2, -0.15) is 5.10 Å². The summed E-state index contributed by atoms with van der Waals surface area (Å²) >= 11 is 0. The van der Waals surface area contributed by atoms with Gasteiger partial charge in [0.05, 0.1) is 17.9 Å². The summed E-state index contributed by atoms with van der Waals surface area (Å²) in [5, 5.41) is 11.1. The summed E-state index contributed by atoms with van der Waals surface area (Å²) in [6.45, 7) is 0.704. The van der Waals surface area contributed by atoms with Crippen LogP contribution in [-0.4, -0.2) is 25.1 Å². The van der Waals surface area contributed by atoms with Crippen LogP contribution in [0, 0.1) is 0 Å². The van der Waals surface area contributed by atoms with Crippen molar-refractivity contribution in [2.75, 3.05) is 5.32 Å². The van der Waals surface area contributed by atoms with Gasteiger partial charge in [-0.25, -0.2) is 9.97 Å². The third-order valence-electron chi connectivity index (χ3n) is 4.95. The van der Waals surface area contributed by atoms with Crippen molar-refractivity contribution in [3.63, 3.8) is 0 Å². The van der Waals surface area contributed by atoms with Crippen LogP contribution in [0.15, 0.2) is 30.6 Å². The van der Waals surface area contributed by atoms with Gasteiger partial charge in [-0.1, -0.05) is 0 Å². The third kappa shape index (κ3) is 2.88. The van der Waals surface area contributed by atoms with Gasteiger partial charge in [0, 0.05) is 35.1 Å². The zero-order valence-corrected chi connectivity index (χ0v) is 14.0. The Labute approximate surface area is 146 Å². The number of fused-ring (bicyclic) bond motifs is 1. The van der Waals surface area contributed by atoms with Crippen LogP contribution < -0.4 is 5.32 Å². The molecule has 5 rings (SSSR count). The molecule has 6 heteroatoms. The average Bonchev–Trinajstić information content (AvgIpc) is 3.20. The van der Waals surface area contributed by atoms with Crippen molar-refractivity contribution in [1.82, 2.24) is 25.1 Å². The minimum absolute atomic E-state index is 0.672. The van der Waals surface area contributed by atoms with E-state index in [1.165, 1.54) is 29.8 Å². The number of nitrogens with zero attached hydrogens (tertiary/aromatic N) is 4. The van der Waals surface area contributed by atoms with Crippen LogP contribution in [0.3, 0.4) is 0 Å². The first-order chi connectivity index (χ1) is 12.4. The Bertz CT molecular complexity index is 898. The van der Waals surface area contributed by atoms with E-state index >= 15 is 0 Å². The largest absolute Gasteiger partial charge is 0.364 e. The number of aryl methyl sites for hydroxylation is 1. The highest BCUT2D eigenvalue weighted by molar-refractivity contribution is 5.59. The van der Waals surface area contributed by atoms with Gasteiger partial charge >= 0.3 is 0 Å². The van der Waals surface area contributed by atoms with Crippen molar-refractivity contribution >= 4 is 5.82 Å². The lowest BCUT2D eigenvalue weighted by Gasteiger charge is -2.11. The number of rotatable bonds is 5. The molecule has 3 aromatic heterocycles. The predicted molar refractivity (Wildman–Crippen MR) is 95.2 cm³/mol. The van der Waals surface area contributed by atoms with E-state index in [4.69, 9.17) is 9.97 Å². The van der Waals surface area contributed by atoms with Gasteiger partial charge in [-0.3, -0.25) is 10.1 Å². The van der Waals surface area contributed by atoms with Crippen molar-refractivity contribution < 1.29 is 0 Å². The summed E-state index contributed by atoms with van der Waals surface area (Å²) in [6.07, 6.45) is 9.34. The minimum Gasteiger partial charge on any atom is -0.364 e. The van der Waals surface area contributed by atoms with Crippen LogP contribution >= 0.6 is 0 Å². The second-order valence-electron chi connectivity index (χ2n) is 6.86. The summed E-state index contributed by atoms with van der Waals surface area (Å²) in [4.78, 5) is 13.7. The summed E-state index contributed by atoms with van der Waals surface area (Å²) in [5.74, 6) is 2.37. The van der Waals surface area contributed by atoms with E-state index in [1.54, 1.807) is 6.20 Å². The standard InChI is InChI=1S/C19H20N6/c1-4-15-16(5-1)22-18(13-3-2-8-20-10-13)23-19(15)21-11-14-9-17(25-24-14)12-6-7-12/h2-3,8-10,12H,1,4-7,11H2,(H,24,25)(H,21,22,23). The lowest BCUT2D eigenvalue weighted by molar-refractivity contribution is 0.899. The third-order valence-corrected chi connectivity index (χ3v) is 4.95. The molecule has 0 radical (unpaired) electrons. The van der Waals surface area contributed by atoms with Gasteiger partial charge in [0.15, 0.2) is 5.82 Å². The maximum atomic E-state index is 4.79. The van der Waals surface area contributed by atoms with Crippen molar-refractivity contribution in [3.05, 3.63) is 53.2 Å². The Balaban J connectivity index is 1.42. The number of pyridine rings is 1. The zero-order chi connectivity index (χ0) is 16.6. The first-order valence-corrected chi connectivity index (χ1v) is 8.95. The quantitative estimate of drug-likeness (QED) is 0.750. The molecule has 0 atom stereocenters. The molecule has 25 heavy (non-hydrogen) atoms. The molecular weight excluding hydrogens is 312 g/mol. The Hall–Kier alpha value is -2.76. The molecule has 126 valence electrons. The molecule has 1 fully saturated rings. The van der Waals surface area contributed by atoms with E-state index in [-0.39, 0.29) is 0 Å². The molecular formula is C19H20N6. The van der Waals surface area contributed by atoms with Gasteiger partial charge < -0.3 is 5.32 Å². The molecule has 1 saturated carbocycles. The van der Waals surface area contributed by atoms with E-state index in [2.05, 4.69) is 26.6 Å². The van der Waals surface area contributed by atoms with Gasteiger partial charge in [0.1, 0.15) is 5.82 Å². The highest BCUT2D eigenvalue weighted by Crippen LogP contribution is 2.39. The molecule has 6 nitrogen and oxygen atoms in total. The topological polar surface area (TPSA) is 79.4 Å². The number of aromatic amines is 1. The molecule has 0 bridgehead atoms. The van der Waals surface area contributed by atoms with Crippen molar-refractivity contribution in [3.8, 4) is 11.4 Å². The first-order valence-electron chi connectivity index (χ1n) is 8.95. The number of aromatic nitrogens is 5. The zero-order valence-electron chi connectivity index (χ0n) is 14.0. The molecule has 2 aliphatic rings. The molecule has 0 aliphatic heterocycles. The first kappa shape index (κ1) is 14.6. The normalized spacial score (nSPS) is 16.0. The molecule has 0 spiro atoms.